The van der Waals surface area contributed by atoms with Gasteiger partial charge in [0.25, 0.3) is 0 Å². The second kappa shape index (κ2) is 5.18. The lowest BCUT2D eigenvalue weighted by atomic mass is 10.1. The molecular formula is C12H17N3O3S. The average molecular weight is 283 g/mol. The highest BCUT2D eigenvalue weighted by Crippen LogP contribution is 2.17. The van der Waals surface area contributed by atoms with Gasteiger partial charge in [0.05, 0.1) is 4.90 Å². The molecule has 1 amide bonds. The number of hydrogen-bond donors (Lipinski definition) is 3. The second-order valence-electron chi connectivity index (χ2n) is 4.74. The summed E-state index contributed by atoms with van der Waals surface area (Å²) in [5.41, 5.74) is 6.86. The number of benzene rings is 1. The molecular weight excluding hydrogens is 266 g/mol. The zero-order valence-electron chi connectivity index (χ0n) is 10.6. The van der Waals surface area contributed by atoms with Crippen LogP contribution in [0.25, 0.3) is 0 Å². The van der Waals surface area contributed by atoms with Gasteiger partial charge in [-0.1, -0.05) is 0 Å². The fourth-order valence-electron chi connectivity index (χ4n) is 2.05. The van der Waals surface area contributed by atoms with Gasteiger partial charge in [0.15, 0.2) is 0 Å². The predicted molar refractivity (Wildman–Crippen MR) is 71.9 cm³/mol. The minimum absolute atomic E-state index is 0.0461. The molecule has 1 unspecified atom stereocenters. The van der Waals surface area contributed by atoms with E-state index in [9.17, 15) is 13.2 Å². The number of rotatable bonds is 3. The summed E-state index contributed by atoms with van der Waals surface area (Å²) in [6.07, 6.45) is 0.843. The monoisotopic (exact) mass is 283 g/mol. The molecule has 1 aliphatic rings. The molecule has 104 valence electrons. The zero-order chi connectivity index (χ0) is 14.0. The molecule has 2 rings (SSSR count). The van der Waals surface area contributed by atoms with E-state index < -0.39 is 10.0 Å². The summed E-state index contributed by atoms with van der Waals surface area (Å²) in [6.45, 7) is 2.11. The molecule has 0 spiro atoms. The lowest BCUT2D eigenvalue weighted by molar-refractivity contribution is -0.122. The number of amides is 1. The molecule has 0 bridgehead atoms. The summed E-state index contributed by atoms with van der Waals surface area (Å²) in [6, 6.07) is 4.43. The number of anilines is 1. The van der Waals surface area contributed by atoms with Crippen LogP contribution in [-0.4, -0.2) is 26.9 Å². The van der Waals surface area contributed by atoms with Crippen molar-refractivity contribution in [3.63, 3.8) is 0 Å². The molecule has 0 aromatic heterocycles. The first kappa shape index (κ1) is 13.8. The SMILES string of the molecule is Cc1cc(N)cc(S(=O)(=O)NC2CCC(=O)NC2)c1. The number of nitrogens with one attached hydrogen (secondary N) is 2. The van der Waals surface area contributed by atoms with Gasteiger partial charge in [-0.15, -0.1) is 0 Å². The number of carbonyl (C=O) groups excluding carboxylic acids is 1. The first-order valence-corrected chi connectivity index (χ1v) is 7.51. The number of piperidine rings is 1. The smallest absolute Gasteiger partial charge is 0.240 e. The van der Waals surface area contributed by atoms with Crippen molar-refractivity contribution in [2.45, 2.75) is 30.7 Å². The van der Waals surface area contributed by atoms with Gasteiger partial charge in [-0.2, -0.15) is 0 Å². The fourth-order valence-corrected chi connectivity index (χ4v) is 3.46. The maximum absolute atomic E-state index is 12.2. The van der Waals surface area contributed by atoms with E-state index in [1.54, 1.807) is 19.1 Å². The molecule has 1 heterocycles. The van der Waals surface area contributed by atoms with E-state index in [1.165, 1.54) is 6.07 Å². The molecule has 1 saturated heterocycles. The van der Waals surface area contributed by atoms with Gasteiger partial charge in [0, 0.05) is 24.7 Å². The van der Waals surface area contributed by atoms with Crippen molar-refractivity contribution >= 4 is 21.6 Å². The van der Waals surface area contributed by atoms with E-state index in [0.717, 1.165) is 5.56 Å². The third-order valence-corrected chi connectivity index (χ3v) is 4.47. The molecule has 1 aromatic rings. The number of nitrogen functional groups attached to an aromatic ring is 1. The lowest BCUT2D eigenvalue weighted by Gasteiger charge is -2.23. The lowest BCUT2D eigenvalue weighted by Crippen LogP contribution is -2.47. The summed E-state index contributed by atoms with van der Waals surface area (Å²) in [4.78, 5) is 11.2. The third kappa shape index (κ3) is 3.45. The summed E-state index contributed by atoms with van der Waals surface area (Å²) in [5, 5.41) is 2.64. The van der Waals surface area contributed by atoms with E-state index in [0.29, 0.717) is 25.1 Å². The molecule has 0 saturated carbocycles. The van der Waals surface area contributed by atoms with Crippen molar-refractivity contribution in [2.24, 2.45) is 0 Å². The van der Waals surface area contributed by atoms with Crippen molar-refractivity contribution in [3.8, 4) is 0 Å². The molecule has 0 radical (unpaired) electrons. The Morgan fingerprint density at radius 1 is 1.37 bits per heavy atom. The Balaban J connectivity index is 2.16. The average Bonchev–Trinajstić information content (AvgIpc) is 2.31. The Morgan fingerprint density at radius 2 is 2.11 bits per heavy atom. The van der Waals surface area contributed by atoms with E-state index in [-0.39, 0.29) is 16.8 Å². The Hall–Kier alpha value is -1.60. The number of aryl methyl sites for hydroxylation is 1. The maximum atomic E-state index is 12.2. The standard InChI is InChI=1S/C12H17N3O3S/c1-8-4-9(13)6-11(5-8)19(17,18)15-10-2-3-12(16)14-7-10/h4-6,10,15H,2-3,7,13H2,1H3,(H,14,16). The number of nitrogens with two attached hydrogens (primary N) is 1. The number of carbonyl (C=O) groups is 1. The van der Waals surface area contributed by atoms with E-state index >= 15 is 0 Å². The molecule has 1 fully saturated rings. The van der Waals surface area contributed by atoms with Gasteiger partial charge in [0.2, 0.25) is 15.9 Å². The van der Waals surface area contributed by atoms with E-state index in [2.05, 4.69) is 10.0 Å². The third-order valence-electron chi connectivity index (χ3n) is 2.97. The molecule has 0 aliphatic carbocycles. The van der Waals surface area contributed by atoms with Crippen LogP contribution in [-0.2, 0) is 14.8 Å². The Morgan fingerprint density at radius 3 is 2.68 bits per heavy atom. The highest BCUT2D eigenvalue weighted by molar-refractivity contribution is 7.89. The summed E-state index contributed by atoms with van der Waals surface area (Å²) in [7, 11) is -3.60. The van der Waals surface area contributed by atoms with Crippen LogP contribution in [0.5, 0.6) is 0 Å². The minimum Gasteiger partial charge on any atom is -0.399 e. The molecule has 6 nitrogen and oxygen atoms in total. The van der Waals surface area contributed by atoms with E-state index in [4.69, 9.17) is 5.73 Å². The highest BCUT2D eigenvalue weighted by Gasteiger charge is 2.24. The zero-order valence-corrected chi connectivity index (χ0v) is 11.5. The molecule has 7 heteroatoms. The maximum Gasteiger partial charge on any atom is 0.240 e. The van der Waals surface area contributed by atoms with Crippen molar-refractivity contribution in [1.82, 2.24) is 10.0 Å². The fraction of sp³-hybridized carbons (Fsp3) is 0.417. The van der Waals surface area contributed by atoms with Crippen molar-refractivity contribution in [1.29, 1.82) is 0 Å². The second-order valence-corrected chi connectivity index (χ2v) is 6.45. The summed E-state index contributed by atoms with van der Waals surface area (Å²) >= 11 is 0. The number of hydrogen-bond acceptors (Lipinski definition) is 4. The predicted octanol–water partition coefficient (Wildman–Crippen LogP) is 0.134. The summed E-state index contributed by atoms with van der Waals surface area (Å²) in [5.74, 6) is -0.0461. The Labute approximate surface area is 112 Å². The van der Waals surface area contributed by atoms with Gasteiger partial charge in [0.1, 0.15) is 0 Å². The van der Waals surface area contributed by atoms with Crippen LogP contribution < -0.4 is 15.8 Å². The van der Waals surface area contributed by atoms with Gasteiger partial charge < -0.3 is 11.1 Å². The first-order chi connectivity index (χ1) is 8.87. The van der Waals surface area contributed by atoms with Crippen LogP contribution in [0.4, 0.5) is 5.69 Å². The van der Waals surface area contributed by atoms with Crippen LogP contribution in [0.2, 0.25) is 0 Å². The van der Waals surface area contributed by atoms with Gasteiger partial charge in [-0.25, -0.2) is 13.1 Å². The van der Waals surface area contributed by atoms with Crippen LogP contribution in [0, 0.1) is 6.92 Å². The summed E-state index contributed by atoms with van der Waals surface area (Å²) < 4.78 is 27.0. The minimum atomic E-state index is -3.60. The van der Waals surface area contributed by atoms with Crippen molar-refractivity contribution in [3.05, 3.63) is 23.8 Å². The van der Waals surface area contributed by atoms with Gasteiger partial charge in [-0.05, 0) is 37.1 Å². The van der Waals surface area contributed by atoms with Crippen LogP contribution >= 0.6 is 0 Å². The Kier molecular flexibility index (Phi) is 3.77. The molecule has 1 aliphatic heterocycles. The highest BCUT2D eigenvalue weighted by atomic mass is 32.2. The molecule has 1 atom stereocenters. The first-order valence-electron chi connectivity index (χ1n) is 6.03. The number of sulfonamides is 1. The van der Waals surface area contributed by atoms with E-state index in [1.807, 2.05) is 0 Å². The molecule has 1 aromatic carbocycles. The van der Waals surface area contributed by atoms with Crippen molar-refractivity contribution in [2.75, 3.05) is 12.3 Å². The van der Waals surface area contributed by atoms with Gasteiger partial charge >= 0.3 is 0 Å². The Bertz CT molecular complexity index is 568. The van der Waals surface area contributed by atoms with Gasteiger partial charge in [-0.3, -0.25) is 4.79 Å². The quantitative estimate of drug-likeness (QED) is 0.686. The topological polar surface area (TPSA) is 101 Å². The van der Waals surface area contributed by atoms with Crippen LogP contribution in [0.3, 0.4) is 0 Å². The van der Waals surface area contributed by atoms with Crippen molar-refractivity contribution < 1.29 is 13.2 Å². The molecule has 4 N–H and O–H groups in total. The molecule has 19 heavy (non-hydrogen) atoms. The van der Waals surface area contributed by atoms with Crippen LogP contribution in [0.1, 0.15) is 18.4 Å². The normalized spacial score (nSPS) is 20.1. The van der Waals surface area contributed by atoms with Crippen LogP contribution in [0.15, 0.2) is 23.1 Å². The largest absolute Gasteiger partial charge is 0.399 e.